The number of benzene rings is 5. The molecule has 42 heavy (non-hydrogen) atoms. The smallest absolute Gasteiger partial charge is 0.0508 e. The van der Waals surface area contributed by atoms with Crippen LogP contribution in [0, 0.1) is 0 Å². The predicted octanol–water partition coefficient (Wildman–Crippen LogP) is 11.2. The largest absolute Gasteiger partial charge is 0.310 e. The summed E-state index contributed by atoms with van der Waals surface area (Å²) in [6.45, 7) is 17.4. The molecule has 2 nitrogen and oxygen atoms in total. The Morgan fingerprint density at radius 3 is 1.29 bits per heavy atom. The summed E-state index contributed by atoms with van der Waals surface area (Å²) in [6, 6.07) is 40.0. The molecule has 0 N–H and O–H groups in total. The zero-order valence-corrected chi connectivity index (χ0v) is 24.9. The fourth-order valence-corrected chi connectivity index (χ4v) is 7.05. The lowest BCUT2D eigenvalue weighted by Crippen LogP contribution is -2.31. The van der Waals surface area contributed by atoms with Gasteiger partial charge in [0.15, 0.2) is 0 Å². The molecule has 0 saturated heterocycles. The molecule has 2 heteroatoms. The first-order chi connectivity index (χ1) is 20.3. The molecule has 206 valence electrons. The van der Waals surface area contributed by atoms with Crippen LogP contribution in [0.2, 0.25) is 0 Å². The summed E-state index contributed by atoms with van der Waals surface area (Å²) in [6.07, 6.45) is 3.87. The van der Waals surface area contributed by atoms with E-state index in [0.29, 0.717) is 0 Å². The zero-order chi connectivity index (χ0) is 29.2. The van der Waals surface area contributed by atoms with E-state index in [1.807, 2.05) is 12.2 Å². The minimum Gasteiger partial charge on any atom is -0.310 e. The van der Waals surface area contributed by atoms with Crippen molar-refractivity contribution < 1.29 is 0 Å². The van der Waals surface area contributed by atoms with Gasteiger partial charge in [0.2, 0.25) is 0 Å². The summed E-state index contributed by atoms with van der Waals surface area (Å²) in [5.41, 5.74) is 14.3. The van der Waals surface area contributed by atoms with Crippen molar-refractivity contribution in [2.75, 3.05) is 9.80 Å². The van der Waals surface area contributed by atoms with Crippen LogP contribution in [0.4, 0.5) is 34.1 Å². The Hall–Kier alpha value is -4.82. The Kier molecular flexibility index (Phi) is 5.81. The lowest BCUT2D eigenvalue weighted by Gasteiger charge is -2.43. The highest BCUT2D eigenvalue weighted by atomic mass is 15.2. The number of para-hydroxylation sites is 2. The van der Waals surface area contributed by atoms with E-state index in [4.69, 9.17) is 0 Å². The lowest BCUT2D eigenvalue weighted by molar-refractivity contribution is 0.631. The molecule has 0 radical (unpaired) electrons. The average Bonchev–Trinajstić information content (AvgIpc) is 3.01. The fraction of sp³-hybridized carbons (Fsp3) is 0.150. The van der Waals surface area contributed by atoms with E-state index < -0.39 is 0 Å². The highest BCUT2D eigenvalue weighted by Gasteiger charge is 2.39. The van der Waals surface area contributed by atoms with Crippen LogP contribution < -0.4 is 9.80 Å². The topological polar surface area (TPSA) is 6.48 Å². The molecule has 0 bridgehead atoms. The van der Waals surface area contributed by atoms with Gasteiger partial charge in [0.25, 0.3) is 0 Å². The first kappa shape index (κ1) is 26.1. The van der Waals surface area contributed by atoms with Crippen LogP contribution >= 0.6 is 0 Å². The summed E-state index contributed by atoms with van der Waals surface area (Å²) < 4.78 is 0. The quantitative estimate of drug-likeness (QED) is 0.222. The first-order valence-corrected chi connectivity index (χ1v) is 14.7. The average molecular weight is 545 g/mol. The van der Waals surface area contributed by atoms with Gasteiger partial charge in [0, 0.05) is 22.2 Å². The lowest BCUT2D eigenvalue weighted by atomic mass is 9.73. The van der Waals surface area contributed by atoms with Crippen LogP contribution in [-0.4, -0.2) is 0 Å². The van der Waals surface area contributed by atoms with Crippen molar-refractivity contribution in [3.63, 3.8) is 0 Å². The summed E-state index contributed by atoms with van der Waals surface area (Å²) in [5.74, 6) is 0. The maximum absolute atomic E-state index is 4.07. The highest BCUT2D eigenvalue weighted by Crippen LogP contribution is 2.55. The van der Waals surface area contributed by atoms with Gasteiger partial charge < -0.3 is 9.80 Å². The molecular formula is C40H36N2. The molecule has 2 aliphatic rings. The van der Waals surface area contributed by atoms with Gasteiger partial charge in [0.1, 0.15) is 0 Å². The monoisotopic (exact) mass is 544 g/mol. The van der Waals surface area contributed by atoms with Crippen LogP contribution in [0.1, 0.15) is 61.1 Å². The maximum atomic E-state index is 4.07. The van der Waals surface area contributed by atoms with Crippen LogP contribution in [-0.2, 0) is 10.8 Å². The normalized spacial score (nSPS) is 15.6. The van der Waals surface area contributed by atoms with Crippen molar-refractivity contribution in [2.45, 2.75) is 38.5 Å². The van der Waals surface area contributed by atoms with Crippen LogP contribution in [0.3, 0.4) is 0 Å². The van der Waals surface area contributed by atoms with Gasteiger partial charge in [-0.25, -0.2) is 0 Å². The number of nitrogens with zero attached hydrogens (tertiary/aromatic N) is 2. The van der Waals surface area contributed by atoms with Crippen molar-refractivity contribution in [1.29, 1.82) is 0 Å². The van der Waals surface area contributed by atoms with E-state index in [1.165, 1.54) is 45.0 Å². The number of fused-ring (bicyclic) bond motifs is 4. The molecular weight excluding hydrogens is 508 g/mol. The van der Waals surface area contributed by atoms with Gasteiger partial charge in [-0.2, -0.15) is 0 Å². The molecule has 0 saturated carbocycles. The minimum atomic E-state index is -0.128. The van der Waals surface area contributed by atoms with Gasteiger partial charge >= 0.3 is 0 Å². The first-order valence-electron chi connectivity index (χ1n) is 14.7. The molecule has 2 aliphatic heterocycles. The van der Waals surface area contributed by atoms with E-state index in [9.17, 15) is 0 Å². The third-order valence-electron chi connectivity index (χ3n) is 9.33. The van der Waals surface area contributed by atoms with Crippen molar-refractivity contribution >= 4 is 46.3 Å². The molecule has 0 aromatic heterocycles. The van der Waals surface area contributed by atoms with Crippen LogP contribution in [0.5, 0.6) is 0 Å². The second-order valence-electron chi connectivity index (χ2n) is 12.4. The Bertz CT molecular complexity index is 1760. The summed E-state index contributed by atoms with van der Waals surface area (Å²) in [7, 11) is 0. The Labute approximate surface area is 249 Å². The second-order valence-corrected chi connectivity index (χ2v) is 12.4. The fourth-order valence-electron chi connectivity index (χ4n) is 7.05. The van der Waals surface area contributed by atoms with E-state index in [1.54, 1.807) is 0 Å². The predicted molar refractivity (Wildman–Crippen MR) is 180 cm³/mol. The molecule has 0 aliphatic carbocycles. The van der Waals surface area contributed by atoms with E-state index in [2.05, 4.69) is 160 Å². The molecule has 0 amide bonds. The van der Waals surface area contributed by atoms with Crippen molar-refractivity contribution in [1.82, 2.24) is 0 Å². The van der Waals surface area contributed by atoms with Gasteiger partial charge in [-0.1, -0.05) is 120 Å². The molecule has 0 atom stereocenters. The number of rotatable bonds is 4. The number of anilines is 6. The van der Waals surface area contributed by atoms with E-state index in [0.717, 1.165) is 22.5 Å². The van der Waals surface area contributed by atoms with Crippen LogP contribution in [0.25, 0.3) is 12.2 Å². The zero-order valence-electron chi connectivity index (χ0n) is 24.9. The number of hydrogen-bond acceptors (Lipinski definition) is 2. The molecule has 0 spiro atoms. The van der Waals surface area contributed by atoms with Gasteiger partial charge in [-0.05, 0) is 75.8 Å². The third kappa shape index (κ3) is 3.72. The van der Waals surface area contributed by atoms with Gasteiger partial charge in [-0.3, -0.25) is 0 Å². The summed E-state index contributed by atoms with van der Waals surface area (Å²) >= 11 is 0. The summed E-state index contributed by atoms with van der Waals surface area (Å²) in [5, 5.41) is 0. The molecule has 7 rings (SSSR count). The van der Waals surface area contributed by atoms with Crippen molar-refractivity contribution in [2.24, 2.45) is 0 Å². The second kappa shape index (κ2) is 9.36. The Morgan fingerprint density at radius 2 is 0.857 bits per heavy atom. The summed E-state index contributed by atoms with van der Waals surface area (Å²) in [4.78, 5) is 4.85. The van der Waals surface area contributed by atoms with Gasteiger partial charge in [-0.15, -0.1) is 0 Å². The molecule has 2 heterocycles. The minimum absolute atomic E-state index is 0.128. The third-order valence-corrected chi connectivity index (χ3v) is 9.33. The van der Waals surface area contributed by atoms with Crippen molar-refractivity contribution in [3.8, 4) is 0 Å². The highest BCUT2D eigenvalue weighted by molar-refractivity contribution is 5.91. The maximum Gasteiger partial charge on any atom is 0.0508 e. The van der Waals surface area contributed by atoms with E-state index in [-0.39, 0.29) is 10.8 Å². The molecule has 5 aromatic rings. The SMILES string of the molecule is C=Cc1ccc2c(c1)N(c1cccc(N3c4ccccc4C(C)(C)c4ccc(C=C)cc43)c1)c1ccccc1C2(C)C. The van der Waals surface area contributed by atoms with E-state index >= 15 is 0 Å². The Morgan fingerprint density at radius 1 is 0.452 bits per heavy atom. The van der Waals surface area contributed by atoms with Crippen LogP contribution in [0.15, 0.2) is 122 Å². The molecule has 0 fully saturated rings. The standard InChI is InChI=1S/C40H36N2/c1-7-27-20-22-33-37(24-27)41(35-18-11-9-16-31(35)39(33,3)4)29-14-13-15-30(26-29)42-36-19-12-10-17-32(36)40(5,6)34-23-21-28(8-2)25-38(34)42/h7-26H,1-2H2,3-6H3. The van der Waals surface area contributed by atoms with Gasteiger partial charge in [0.05, 0.1) is 22.7 Å². The molecule has 0 unspecified atom stereocenters. The Balaban J connectivity index is 1.47. The van der Waals surface area contributed by atoms with Crippen molar-refractivity contribution in [3.05, 3.63) is 156 Å². The number of hydrogen-bond donors (Lipinski definition) is 0. The molecule has 5 aromatic carbocycles.